The minimum absolute atomic E-state index is 0.273. The standard InChI is InChI=1S/C12H23NO4/c1-3-17-8-10(14)7-13-5-4-9(2)6-11(13)12(15)16/h9-11,14H,3-8H2,1-2H3,(H,15,16). The van der Waals surface area contributed by atoms with Gasteiger partial charge in [-0.2, -0.15) is 0 Å². The predicted molar refractivity (Wildman–Crippen MR) is 63.9 cm³/mol. The molecule has 1 rings (SSSR count). The lowest BCUT2D eigenvalue weighted by molar-refractivity contribution is -0.146. The number of aliphatic hydroxyl groups excluding tert-OH is 1. The second kappa shape index (κ2) is 6.93. The van der Waals surface area contributed by atoms with Crippen LogP contribution >= 0.6 is 0 Å². The summed E-state index contributed by atoms with van der Waals surface area (Å²) in [5, 5.41) is 18.9. The van der Waals surface area contributed by atoms with Gasteiger partial charge in [0.1, 0.15) is 6.04 Å². The molecule has 5 nitrogen and oxygen atoms in total. The molecule has 0 saturated carbocycles. The third kappa shape index (κ3) is 4.61. The van der Waals surface area contributed by atoms with Crippen LogP contribution in [0.25, 0.3) is 0 Å². The predicted octanol–water partition coefficient (Wildman–Crippen LogP) is 0.569. The number of piperidine rings is 1. The van der Waals surface area contributed by atoms with E-state index >= 15 is 0 Å². The van der Waals surface area contributed by atoms with Gasteiger partial charge in [-0.05, 0) is 32.2 Å². The van der Waals surface area contributed by atoms with Crippen LogP contribution in [0.3, 0.4) is 0 Å². The number of hydrogen-bond acceptors (Lipinski definition) is 4. The smallest absolute Gasteiger partial charge is 0.320 e. The van der Waals surface area contributed by atoms with E-state index in [-0.39, 0.29) is 6.61 Å². The van der Waals surface area contributed by atoms with Crippen molar-refractivity contribution < 1.29 is 19.7 Å². The number of ether oxygens (including phenoxy) is 1. The zero-order valence-corrected chi connectivity index (χ0v) is 10.6. The lowest BCUT2D eigenvalue weighted by Gasteiger charge is -2.36. The molecule has 0 amide bonds. The molecule has 1 fully saturated rings. The van der Waals surface area contributed by atoms with E-state index in [1.807, 2.05) is 11.8 Å². The Labute approximate surface area is 102 Å². The van der Waals surface area contributed by atoms with Gasteiger partial charge in [-0.1, -0.05) is 6.92 Å². The van der Waals surface area contributed by atoms with Gasteiger partial charge in [0.05, 0.1) is 12.7 Å². The number of aliphatic hydroxyl groups is 1. The fourth-order valence-corrected chi connectivity index (χ4v) is 2.24. The number of β-amino-alcohol motifs (C(OH)–C–C–N with tert-alkyl or cyclic N) is 1. The molecule has 0 radical (unpaired) electrons. The number of nitrogens with zero attached hydrogens (tertiary/aromatic N) is 1. The molecule has 1 heterocycles. The van der Waals surface area contributed by atoms with E-state index in [0.717, 1.165) is 13.0 Å². The van der Waals surface area contributed by atoms with Crippen LogP contribution in [0.5, 0.6) is 0 Å². The number of rotatable bonds is 6. The van der Waals surface area contributed by atoms with Gasteiger partial charge in [0.2, 0.25) is 0 Å². The van der Waals surface area contributed by atoms with Crippen molar-refractivity contribution in [2.24, 2.45) is 5.92 Å². The fourth-order valence-electron chi connectivity index (χ4n) is 2.24. The lowest BCUT2D eigenvalue weighted by Crippen LogP contribution is -2.50. The third-order valence-corrected chi connectivity index (χ3v) is 3.22. The van der Waals surface area contributed by atoms with Crippen molar-refractivity contribution >= 4 is 5.97 Å². The second-order valence-electron chi connectivity index (χ2n) is 4.79. The van der Waals surface area contributed by atoms with E-state index in [2.05, 4.69) is 6.92 Å². The van der Waals surface area contributed by atoms with E-state index in [1.54, 1.807) is 0 Å². The van der Waals surface area contributed by atoms with Gasteiger partial charge in [0, 0.05) is 13.2 Å². The van der Waals surface area contributed by atoms with E-state index < -0.39 is 18.1 Å². The summed E-state index contributed by atoms with van der Waals surface area (Å²) < 4.78 is 5.13. The van der Waals surface area contributed by atoms with Gasteiger partial charge in [-0.25, -0.2) is 0 Å². The van der Waals surface area contributed by atoms with Gasteiger partial charge in [-0.15, -0.1) is 0 Å². The molecule has 0 aliphatic carbocycles. The summed E-state index contributed by atoms with van der Waals surface area (Å²) in [7, 11) is 0. The summed E-state index contributed by atoms with van der Waals surface area (Å²) >= 11 is 0. The van der Waals surface area contributed by atoms with Crippen LogP contribution in [-0.2, 0) is 9.53 Å². The average molecular weight is 245 g/mol. The SMILES string of the molecule is CCOCC(O)CN1CCC(C)CC1C(=O)O. The van der Waals surface area contributed by atoms with Gasteiger partial charge >= 0.3 is 5.97 Å². The Kier molecular flexibility index (Phi) is 5.88. The normalized spacial score (nSPS) is 27.9. The summed E-state index contributed by atoms with van der Waals surface area (Å²) in [6.07, 6.45) is 1.05. The molecule has 100 valence electrons. The second-order valence-corrected chi connectivity index (χ2v) is 4.79. The van der Waals surface area contributed by atoms with Gasteiger partial charge < -0.3 is 14.9 Å². The van der Waals surface area contributed by atoms with E-state index in [1.165, 1.54) is 0 Å². The van der Waals surface area contributed by atoms with Crippen LogP contribution in [0.1, 0.15) is 26.7 Å². The first kappa shape index (κ1) is 14.4. The van der Waals surface area contributed by atoms with Crippen molar-refractivity contribution in [3.05, 3.63) is 0 Å². The van der Waals surface area contributed by atoms with Crippen LogP contribution in [-0.4, -0.2) is 59.5 Å². The van der Waals surface area contributed by atoms with Crippen LogP contribution in [0.15, 0.2) is 0 Å². The molecule has 3 atom stereocenters. The zero-order chi connectivity index (χ0) is 12.8. The first-order valence-electron chi connectivity index (χ1n) is 6.27. The maximum absolute atomic E-state index is 11.2. The highest BCUT2D eigenvalue weighted by Gasteiger charge is 2.32. The Hall–Kier alpha value is -0.650. The summed E-state index contributed by atoms with van der Waals surface area (Å²) in [6, 6.07) is -0.463. The molecule has 0 aromatic carbocycles. The van der Waals surface area contributed by atoms with Crippen molar-refractivity contribution in [2.45, 2.75) is 38.8 Å². The molecular weight excluding hydrogens is 222 g/mol. The van der Waals surface area contributed by atoms with Gasteiger partial charge in [-0.3, -0.25) is 9.69 Å². The maximum Gasteiger partial charge on any atom is 0.320 e. The summed E-state index contributed by atoms with van der Waals surface area (Å²) in [6.45, 7) is 5.90. The number of carbonyl (C=O) groups is 1. The molecule has 2 N–H and O–H groups in total. The molecule has 1 saturated heterocycles. The van der Waals surface area contributed by atoms with Crippen LogP contribution < -0.4 is 0 Å². The summed E-state index contributed by atoms with van der Waals surface area (Å²) in [4.78, 5) is 13.0. The molecule has 5 heteroatoms. The number of carboxylic acids is 1. The number of carboxylic acid groups (broad SMARTS) is 1. The van der Waals surface area contributed by atoms with Crippen LogP contribution in [0, 0.1) is 5.92 Å². The molecule has 0 aromatic heterocycles. The number of hydrogen-bond donors (Lipinski definition) is 2. The molecule has 0 aromatic rings. The molecule has 3 unspecified atom stereocenters. The fraction of sp³-hybridized carbons (Fsp3) is 0.917. The Morgan fingerprint density at radius 3 is 2.88 bits per heavy atom. The van der Waals surface area contributed by atoms with Crippen LogP contribution in [0.2, 0.25) is 0 Å². The maximum atomic E-state index is 11.2. The summed E-state index contributed by atoms with van der Waals surface area (Å²) in [5.74, 6) is -0.350. The van der Waals surface area contributed by atoms with E-state index in [9.17, 15) is 9.90 Å². The highest BCUT2D eigenvalue weighted by molar-refractivity contribution is 5.73. The van der Waals surface area contributed by atoms with Crippen molar-refractivity contribution in [3.8, 4) is 0 Å². The van der Waals surface area contributed by atoms with Crippen molar-refractivity contribution in [3.63, 3.8) is 0 Å². The molecule has 0 bridgehead atoms. The quantitative estimate of drug-likeness (QED) is 0.716. The highest BCUT2D eigenvalue weighted by atomic mass is 16.5. The Morgan fingerprint density at radius 2 is 2.29 bits per heavy atom. The molecule has 17 heavy (non-hydrogen) atoms. The number of likely N-dealkylation sites (tertiary alicyclic amines) is 1. The third-order valence-electron chi connectivity index (χ3n) is 3.22. The minimum Gasteiger partial charge on any atom is -0.480 e. The van der Waals surface area contributed by atoms with E-state index in [4.69, 9.17) is 9.84 Å². The first-order valence-corrected chi connectivity index (χ1v) is 6.27. The van der Waals surface area contributed by atoms with Crippen molar-refractivity contribution in [1.29, 1.82) is 0 Å². The lowest BCUT2D eigenvalue weighted by atomic mass is 9.92. The molecule has 1 aliphatic rings. The molecule has 1 aliphatic heterocycles. The monoisotopic (exact) mass is 245 g/mol. The summed E-state index contributed by atoms with van der Waals surface area (Å²) in [5.41, 5.74) is 0. The van der Waals surface area contributed by atoms with Crippen molar-refractivity contribution in [2.75, 3.05) is 26.3 Å². The van der Waals surface area contributed by atoms with Gasteiger partial charge in [0.25, 0.3) is 0 Å². The first-order chi connectivity index (χ1) is 8.04. The Bertz CT molecular complexity index is 247. The van der Waals surface area contributed by atoms with Crippen LogP contribution in [0.4, 0.5) is 0 Å². The topological polar surface area (TPSA) is 70.0 Å². The average Bonchev–Trinajstić information content (AvgIpc) is 2.28. The highest BCUT2D eigenvalue weighted by Crippen LogP contribution is 2.22. The minimum atomic E-state index is -0.792. The molecular formula is C12H23NO4. The largest absolute Gasteiger partial charge is 0.480 e. The van der Waals surface area contributed by atoms with E-state index in [0.29, 0.717) is 25.5 Å². The Morgan fingerprint density at radius 1 is 1.59 bits per heavy atom. The van der Waals surface area contributed by atoms with Crippen molar-refractivity contribution in [1.82, 2.24) is 4.90 Å². The zero-order valence-electron chi connectivity index (χ0n) is 10.6. The molecule has 0 spiro atoms. The number of aliphatic carboxylic acids is 1. The Balaban J connectivity index is 2.46. The van der Waals surface area contributed by atoms with Gasteiger partial charge in [0.15, 0.2) is 0 Å².